The molecule has 0 aromatic heterocycles. The van der Waals surface area contributed by atoms with Crippen LogP contribution in [0, 0.1) is 0 Å². The van der Waals surface area contributed by atoms with Crippen LogP contribution in [-0.2, 0) is 16.0 Å². The Morgan fingerprint density at radius 2 is 1.77 bits per heavy atom. The van der Waals surface area contributed by atoms with Crippen LogP contribution in [0.3, 0.4) is 0 Å². The lowest BCUT2D eigenvalue weighted by molar-refractivity contribution is -0.117. The first-order valence-corrected chi connectivity index (χ1v) is 7.20. The van der Waals surface area contributed by atoms with Gasteiger partial charge in [-0.05, 0) is 51.8 Å². The van der Waals surface area contributed by atoms with E-state index in [1.807, 2.05) is 32.9 Å². The summed E-state index contributed by atoms with van der Waals surface area (Å²) in [4.78, 5) is 23.0. The molecular formula is C17H24N2O3. The van der Waals surface area contributed by atoms with E-state index in [1.165, 1.54) is 0 Å². The van der Waals surface area contributed by atoms with E-state index >= 15 is 0 Å². The van der Waals surface area contributed by atoms with Crippen molar-refractivity contribution in [2.45, 2.75) is 39.7 Å². The van der Waals surface area contributed by atoms with Crippen LogP contribution < -0.4 is 10.6 Å². The van der Waals surface area contributed by atoms with E-state index in [-0.39, 0.29) is 5.91 Å². The van der Waals surface area contributed by atoms with E-state index < -0.39 is 11.7 Å². The average Bonchev–Trinajstić information content (AvgIpc) is 2.38. The first kappa shape index (κ1) is 17.8. The molecule has 0 bridgehead atoms. The fraction of sp³-hybridized carbons (Fsp3) is 0.412. The Balaban J connectivity index is 2.44. The Bertz CT molecular complexity index is 542. The monoisotopic (exact) mass is 304 g/mol. The van der Waals surface area contributed by atoms with E-state index in [1.54, 1.807) is 19.1 Å². The van der Waals surface area contributed by atoms with E-state index in [2.05, 4.69) is 17.2 Å². The fourth-order valence-corrected chi connectivity index (χ4v) is 1.65. The molecular weight excluding hydrogens is 280 g/mol. The zero-order valence-corrected chi connectivity index (χ0v) is 13.7. The predicted octanol–water partition coefficient (Wildman–Crippen LogP) is 3.27. The molecule has 0 radical (unpaired) electrons. The van der Waals surface area contributed by atoms with Crippen LogP contribution in [-0.4, -0.2) is 24.1 Å². The first-order chi connectivity index (χ1) is 10.2. The van der Waals surface area contributed by atoms with Crippen LogP contribution in [0.15, 0.2) is 36.4 Å². The van der Waals surface area contributed by atoms with Crippen molar-refractivity contribution < 1.29 is 14.3 Å². The second kappa shape index (κ2) is 7.64. The second-order valence-corrected chi connectivity index (χ2v) is 6.11. The van der Waals surface area contributed by atoms with Crippen LogP contribution in [0.1, 0.15) is 33.3 Å². The Labute approximate surface area is 131 Å². The number of hydrogen-bond acceptors (Lipinski definition) is 3. The van der Waals surface area contributed by atoms with Crippen LogP contribution in [0.4, 0.5) is 10.5 Å². The summed E-state index contributed by atoms with van der Waals surface area (Å²) in [5.74, 6) is -0.136. The van der Waals surface area contributed by atoms with Gasteiger partial charge in [-0.3, -0.25) is 10.1 Å². The Morgan fingerprint density at radius 1 is 1.18 bits per heavy atom. The van der Waals surface area contributed by atoms with Gasteiger partial charge in [0.1, 0.15) is 5.60 Å². The van der Waals surface area contributed by atoms with Gasteiger partial charge in [-0.25, -0.2) is 4.79 Å². The van der Waals surface area contributed by atoms with Gasteiger partial charge in [-0.1, -0.05) is 18.7 Å². The highest BCUT2D eigenvalue weighted by molar-refractivity contribution is 5.92. The van der Waals surface area contributed by atoms with Crippen molar-refractivity contribution in [3.8, 4) is 0 Å². The summed E-state index contributed by atoms with van der Waals surface area (Å²) in [5, 5.41) is 5.45. The Morgan fingerprint density at radius 3 is 2.27 bits per heavy atom. The smallest absolute Gasteiger partial charge is 0.412 e. The van der Waals surface area contributed by atoms with Crippen molar-refractivity contribution in [2.75, 3.05) is 11.9 Å². The van der Waals surface area contributed by atoms with Crippen LogP contribution in [0.2, 0.25) is 0 Å². The van der Waals surface area contributed by atoms with Gasteiger partial charge in [0.2, 0.25) is 5.91 Å². The summed E-state index contributed by atoms with van der Waals surface area (Å²) in [5.41, 5.74) is 1.71. The van der Waals surface area contributed by atoms with Crippen LogP contribution in [0.25, 0.3) is 0 Å². The van der Waals surface area contributed by atoms with Crippen molar-refractivity contribution >= 4 is 17.7 Å². The Hall–Kier alpha value is -2.30. The summed E-state index contributed by atoms with van der Waals surface area (Å²) in [7, 11) is 0. The molecule has 2 amide bonds. The minimum Gasteiger partial charge on any atom is -0.444 e. The average molecular weight is 304 g/mol. The quantitative estimate of drug-likeness (QED) is 0.820. The minimum absolute atomic E-state index is 0.136. The number of carbonyl (C=O) groups is 2. The van der Waals surface area contributed by atoms with Gasteiger partial charge in [-0.2, -0.15) is 0 Å². The van der Waals surface area contributed by atoms with Crippen LogP contribution in [0.5, 0.6) is 0 Å². The molecule has 0 spiro atoms. The van der Waals surface area contributed by atoms with Gasteiger partial charge in [0.05, 0.1) is 0 Å². The number of nitrogens with one attached hydrogen (secondary N) is 2. The maximum absolute atomic E-state index is 11.6. The van der Waals surface area contributed by atoms with Crippen molar-refractivity contribution in [2.24, 2.45) is 0 Å². The molecule has 1 rings (SSSR count). The number of amides is 2. The lowest BCUT2D eigenvalue weighted by Gasteiger charge is -2.19. The third-order valence-corrected chi connectivity index (χ3v) is 2.69. The number of hydrogen-bond donors (Lipinski definition) is 2. The van der Waals surface area contributed by atoms with Crippen molar-refractivity contribution in [1.29, 1.82) is 0 Å². The van der Waals surface area contributed by atoms with E-state index in [9.17, 15) is 9.59 Å². The zero-order chi connectivity index (χ0) is 16.8. The molecule has 0 saturated heterocycles. The molecule has 5 heteroatoms. The molecule has 1 aromatic carbocycles. The van der Waals surface area contributed by atoms with Gasteiger partial charge < -0.3 is 10.1 Å². The number of rotatable bonds is 5. The SMILES string of the molecule is C=C(C)C(=O)NCCc1ccc(NC(=O)OC(C)(C)C)cc1. The van der Waals surface area contributed by atoms with E-state index in [0.717, 1.165) is 5.56 Å². The van der Waals surface area contributed by atoms with Crippen molar-refractivity contribution in [3.63, 3.8) is 0 Å². The lowest BCUT2D eigenvalue weighted by atomic mass is 10.1. The fourth-order valence-electron chi connectivity index (χ4n) is 1.65. The third-order valence-electron chi connectivity index (χ3n) is 2.69. The maximum Gasteiger partial charge on any atom is 0.412 e. The summed E-state index contributed by atoms with van der Waals surface area (Å²) in [6.45, 7) is 11.2. The number of carbonyl (C=O) groups excluding carboxylic acids is 2. The summed E-state index contributed by atoms with van der Waals surface area (Å²) in [6.07, 6.45) is 0.236. The number of benzene rings is 1. The lowest BCUT2D eigenvalue weighted by Crippen LogP contribution is -2.27. The van der Waals surface area contributed by atoms with Gasteiger partial charge in [0, 0.05) is 17.8 Å². The summed E-state index contributed by atoms with van der Waals surface area (Å²) in [6, 6.07) is 7.42. The highest BCUT2D eigenvalue weighted by Crippen LogP contribution is 2.13. The largest absolute Gasteiger partial charge is 0.444 e. The first-order valence-electron chi connectivity index (χ1n) is 7.20. The van der Waals surface area contributed by atoms with Gasteiger partial charge >= 0.3 is 6.09 Å². The predicted molar refractivity (Wildman–Crippen MR) is 87.8 cm³/mol. The molecule has 120 valence electrons. The van der Waals surface area contributed by atoms with E-state index in [0.29, 0.717) is 24.2 Å². The maximum atomic E-state index is 11.6. The highest BCUT2D eigenvalue weighted by Gasteiger charge is 2.16. The second-order valence-electron chi connectivity index (χ2n) is 6.11. The molecule has 0 saturated carbocycles. The molecule has 2 N–H and O–H groups in total. The Kier molecular flexibility index (Phi) is 6.16. The molecule has 0 atom stereocenters. The number of ether oxygens (including phenoxy) is 1. The summed E-state index contributed by atoms with van der Waals surface area (Å²) < 4.78 is 5.18. The summed E-state index contributed by atoms with van der Waals surface area (Å²) >= 11 is 0. The molecule has 0 aliphatic rings. The van der Waals surface area contributed by atoms with Gasteiger partial charge in [-0.15, -0.1) is 0 Å². The normalized spacial score (nSPS) is 10.7. The van der Waals surface area contributed by atoms with Crippen molar-refractivity contribution in [1.82, 2.24) is 5.32 Å². The molecule has 1 aromatic rings. The molecule has 0 heterocycles. The number of anilines is 1. The van der Waals surface area contributed by atoms with Gasteiger partial charge in [0.15, 0.2) is 0 Å². The molecule has 5 nitrogen and oxygen atoms in total. The topological polar surface area (TPSA) is 67.4 Å². The van der Waals surface area contributed by atoms with Gasteiger partial charge in [0.25, 0.3) is 0 Å². The van der Waals surface area contributed by atoms with E-state index in [4.69, 9.17) is 4.74 Å². The van der Waals surface area contributed by atoms with Crippen LogP contribution >= 0.6 is 0 Å². The zero-order valence-electron chi connectivity index (χ0n) is 13.7. The standard InChI is InChI=1S/C17H24N2O3/c1-12(2)15(20)18-11-10-13-6-8-14(9-7-13)19-16(21)22-17(3,4)5/h6-9H,1,10-11H2,2-5H3,(H,18,20)(H,19,21). The molecule has 0 aliphatic heterocycles. The molecule has 0 unspecified atom stereocenters. The molecule has 0 aliphatic carbocycles. The van der Waals surface area contributed by atoms with Crippen molar-refractivity contribution in [3.05, 3.63) is 42.0 Å². The minimum atomic E-state index is -0.522. The highest BCUT2D eigenvalue weighted by atomic mass is 16.6. The molecule has 22 heavy (non-hydrogen) atoms. The third kappa shape index (κ3) is 6.92. The molecule has 0 fully saturated rings.